The Bertz CT molecular complexity index is 2240. The molecule has 322 valence electrons. The van der Waals surface area contributed by atoms with Crippen molar-refractivity contribution in [2.75, 3.05) is 65.4 Å². The van der Waals surface area contributed by atoms with Crippen LogP contribution >= 0.6 is 0 Å². The van der Waals surface area contributed by atoms with Gasteiger partial charge in [-0.05, 0) is 135 Å². The van der Waals surface area contributed by atoms with Gasteiger partial charge < -0.3 is 35.1 Å². The molecule has 1 unspecified atom stereocenters. The summed E-state index contributed by atoms with van der Waals surface area (Å²) < 4.78 is 19.3. The van der Waals surface area contributed by atoms with Crippen LogP contribution in [0.1, 0.15) is 135 Å². The molecule has 0 spiro atoms. The van der Waals surface area contributed by atoms with E-state index in [1.807, 2.05) is 33.0 Å². The summed E-state index contributed by atoms with van der Waals surface area (Å²) in [5.41, 5.74) is 12.4. The summed E-state index contributed by atoms with van der Waals surface area (Å²) in [6.07, 6.45) is 8.08. The number of hydrogen-bond donors (Lipinski definition) is 3. The Morgan fingerprint density at radius 1 is 0.933 bits per heavy atom. The number of rotatable bonds is 16. The van der Waals surface area contributed by atoms with Gasteiger partial charge in [-0.3, -0.25) is 9.59 Å². The van der Waals surface area contributed by atoms with Gasteiger partial charge in [-0.15, -0.1) is 0 Å². The number of ether oxygens (including phenoxy) is 3. The van der Waals surface area contributed by atoms with Crippen LogP contribution in [-0.2, 0) is 38.3 Å². The van der Waals surface area contributed by atoms with Gasteiger partial charge in [0.15, 0.2) is 5.79 Å². The molecular weight excluding hydrogens is 755 g/mol. The summed E-state index contributed by atoms with van der Waals surface area (Å²) >= 11 is 0. The highest BCUT2D eigenvalue weighted by Crippen LogP contribution is 2.43. The van der Waals surface area contributed by atoms with Crippen LogP contribution in [-0.4, -0.2) is 94.2 Å². The zero-order chi connectivity index (χ0) is 42.6. The van der Waals surface area contributed by atoms with E-state index in [0.29, 0.717) is 63.5 Å². The minimum Gasteiger partial charge on any atom is -0.449 e. The predicted octanol–water partition coefficient (Wildman–Crippen LogP) is 5.79. The fraction of sp³-hybridized carbons (Fsp3) is 0.551. The van der Waals surface area contributed by atoms with Crippen molar-refractivity contribution in [3.8, 4) is 0 Å². The minimum atomic E-state index is -0.792. The van der Waals surface area contributed by atoms with Gasteiger partial charge in [-0.25, -0.2) is 9.37 Å². The number of carbonyl (C=O) groups is 3. The molecule has 1 aliphatic carbocycles. The number of fused-ring (bicyclic) bond motifs is 4. The first kappa shape index (κ1) is 43.4. The maximum Gasteiger partial charge on any atom is 0.406 e. The van der Waals surface area contributed by atoms with Crippen LogP contribution in [0.15, 0.2) is 42.5 Å². The smallest absolute Gasteiger partial charge is 0.406 e. The largest absolute Gasteiger partial charge is 0.449 e. The molecule has 0 fully saturated rings. The van der Waals surface area contributed by atoms with Gasteiger partial charge in [0.25, 0.3) is 5.91 Å². The van der Waals surface area contributed by atoms with Crippen molar-refractivity contribution < 1.29 is 28.6 Å². The molecule has 0 saturated heterocycles. The summed E-state index contributed by atoms with van der Waals surface area (Å²) in [7, 11) is 3.37. The average molecular weight is 821 g/mol. The van der Waals surface area contributed by atoms with Gasteiger partial charge in [0.2, 0.25) is 11.3 Å². The highest BCUT2D eigenvalue weighted by Gasteiger charge is 2.35. The second-order valence-corrected chi connectivity index (χ2v) is 18.3. The maximum atomic E-state index is 14.5. The summed E-state index contributed by atoms with van der Waals surface area (Å²) in [4.78, 5) is 40.2. The molecule has 11 nitrogen and oxygen atoms in total. The molecule has 0 saturated carbocycles. The van der Waals surface area contributed by atoms with Crippen LogP contribution in [0, 0.1) is 0 Å². The average Bonchev–Trinajstić information content (AvgIpc) is 3.21. The quantitative estimate of drug-likeness (QED) is 0.0744. The van der Waals surface area contributed by atoms with E-state index in [1.165, 1.54) is 75.1 Å². The standard InChI is InChI=1S/C49H65N5O6/c1-32-31-48(2,3)52-42-29-34-28-40-36-18-11-23-54-22-10-15-33(45(36)54)27-41(40)44(39(34)30-38(32)42)35-16-8-9-17-37(35)46(56)53(7)21-12-19-43(55)51-20-13-25-59-49(4,5)60-26-14-24-58-47(57)50-6/h8-9,16-17,27,29-30,32H,10-15,18-26,28,31H2,1-7H3,(H2,50,51,55,57)/p+1. The molecule has 3 heterocycles. The van der Waals surface area contributed by atoms with Gasteiger partial charge in [0.1, 0.15) is 13.1 Å². The lowest BCUT2D eigenvalue weighted by Gasteiger charge is -2.39. The number of nitrogens with zero attached hydrogens (tertiary/aromatic N) is 2. The summed E-state index contributed by atoms with van der Waals surface area (Å²) in [6.45, 7) is 14.9. The van der Waals surface area contributed by atoms with Crippen molar-refractivity contribution in [1.82, 2.24) is 20.1 Å². The van der Waals surface area contributed by atoms with Gasteiger partial charge in [0.05, 0.1) is 19.8 Å². The lowest BCUT2D eigenvalue weighted by atomic mass is 9.75. The molecule has 3 aromatic rings. The number of amides is 3. The van der Waals surface area contributed by atoms with E-state index < -0.39 is 11.9 Å². The van der Waals surface area contributed by atoms with Crippen molar-refractivity contribution in [3.63, 3.8) is 0 Å². The van der Waals surface area contributed by atoms with Crippen LogP contribution < -0.4 is 31.1 Å². The second kappa shape index (κ2) is 18.5. The topological polar surface area (TPSA) is 121 Å². The zero-order valence-corrected chi connectivity index (χ0v) is 37.0. The summed E-state index contributed by atoms with van der Waals surface area (Å²) in [5, 5.41) is 12.0. The van der Waals surface area contributed by atoms with Crippen molar-refractivity contribution in [2.45, 2.75) is 116 Å². The number of benzene rings is 3. The third-order valence-electron chi connectivity index (χ3n) is 12.6. The van der Waals surface area contributed by atoms with Crippen LogP contribution in [0.5, 0.6) is 0 Å². The Morgan fingerprint density at radius 2 is 1.68 bits per heavy atom. The molecule has 60 heavy (non-hydrogen) atoms. The number of carbonyl (C=O) groups excluding carboxylic acids is 3. The van der Waals surface area contributed by atoms with Gasteiger partial charge in [0, 0.05) is 80.8 Å². The molecule has 11 heteroatoms. The van der Waals surface area contributed by atoms with E-state index >= 15 is 0 Å². The van der Waals surface area contributed by atoms with E-state index in [-0.39, 0.29) is 24.0 Å². The lowest BCUT2D eigenvalue weighted by Crippen LogP contribution is -2.46. The monoisotopic (exact) mass is 821 g/mol. The highest BCUT2D eigenvalue weighted by atomic mass is 16.7. The van der Waals surface area contributed by atoms with Crippen LogP contribution in [0.25, 0.3) is 5.57 Å². The van der Waals surface area contributed by atoms with Crippen molar-refractivity contribution in [2.24, 2.45) is 0 Å². The molecule has 3 amide bonds. The lowest BCUT2D eigenvalue weighted by molar-refractivity contribution is -0.214. The Hall–Kier alpha value is -4.74. The Morgan fingerprint density at radius 3 is 2.47 bits per heavy atom. The number of nitrogens with one attached hydrogen (secondary N) is 3. The Labute approximate surface area is 355 Å². The fourth-order valence-electron chi connectivity index (χ4n) is 9.86. The molecule has 0 bridgehead atoms. The molecule has 1 atom stereocenters. The molecule has 4 aliphatic rings. The van der Waals surface area contributed by atoms with E-state index in [2.05, 4.69) is 71.6 Å². The van der Waals surface area contributed by atoms with Gasteiger partial charge in [-0.2, -0.15) is 0 Å². The first-order chi connectivity index (χ1) is 28.7. The Balaban J connectivity index is 1.04. The van der Waals surface area contributed by atoms with Gasteiger partial charge >= 0.3 is 6.09 Å². The number of hydrogen-bond acceptors (Lipinski definition) is 7. The third-order valence-corrected chi connectivity index (χ3v) is 12.6. The molecular formula is C49H66N5O6+. The maximum absolute atomic E-state index is 14.5. The van der Waals surface area contributed by atoms with Crippen LogP contribution in [0.3, 0.4) is 0 Å². The fourth-order valence-corrected chi connectivity index (χ4v) is 9.86. The Kier molecular flexibility index (Phi) is 13.4. The van der Waals surface area contributed by atoms with Crippen molar-refractivity contribution in [1.29, 1.82) is 0 Å². The predicted molar refractivity (Wildman–Crippen MR) is 236 cm³/mol. The molecule has 3 N–H and O–H groups in total. The molecule has 7 rings (SSSR count). The molecule has 3 aromatic carbocycles. The number of aryl methyl sites for hydroxylation is 1. The number of anilines is 1. The van der Waals surface area contributed by atoms with Crippen LogP contribution in [0.2, 0.25) is 0 Å². The van der Waals surface area contributed by atoms with Crippen molar-refractivity contribution >= 4 is 29.2 Å². The van der Waals surface area contributed by atoms with E-state index in [0.717, 1.165) is 44.3 Å². The van der Waals surface area contributed by atoms with Crippen molar-refractivity contribution in [3.05, 3.63) is 97.5 Å². The normalized spacial score (nSPS) is 17.4. The van der Waals surface area contributed by atoms with E-state index in [9.17, 15) is 14.4 Å². The number of alkyl carbamates (subject to hydrolysis) is 1. The van der Waals surface area contributed by atoms with Gasteiger partial charge in [-0.1, -0.05) is 25.1 Å². The first-order valence-electron chi connectivity index (χ1n) is 22.2. The van der Waals surface area contributed by atoms with E-state index in [4.69, 9.17) is 14.2 Å². The zero-order valence-electron chi connectivity index (χ0n) is 37.0. The molecule has 0 aromatic heterocycles. The molecule has 0 radical (unpaired) electrons. The minimum absolute atomic E-state index is 0.0202. The van der Waals surface area contributed by atoms with E-state index in [1.54, 1.807) is 4.90 Å². The molecule has 3 aliphatic heterocycles. The SMILES string of the molecule is CNC(=O)OCCCOC(C)(C)OCCCNC(=O)CCCN(C)C(=O)c1ccccc1C1=c2cc3c4c(c2Cc2cc5c(cc21)C(C)CC(C)(C)N5)CCC[N+]=4CCC3. The van der Waals surface area contributed by atoms with Crippen LogP contribution in [0.4, 0.5) is 10.5 Å². The highest BCUT2D eigenvalue weighted by molar-refractivity contribution is 6.01. The third kappa shape index (κ3) is 9.73. The summed E-state index contributed by atoms with van der Waals surface area (Å²) in [6, 6.07) is 15.5. The second-order valence-electron chi connectivity index (χ2n) is 18.3. The summed E-state index contributed by atoms with van der Waals surface area (Å²) in [5.74, 6) is -0.467. The first-order valence-corrected chi connectivity index (χ1v) is 22.2.